The number of para-hydroxylation sites is 2. The fraction of sp³-hybridized carbons (Fsp3) is 0.143. The zero-order valence-corrected chi connectivity index (χ0v) is 17.2. The third-order valence-corrected chi connectivity index (χ3v) is 5.70. The van der Waals surface area contributed by atoms with E-state index in [-0.39, 0.29) is 28.7 Å². The number of aromatic nitrogens is 2. The number of thioether (sulfide) groups is 1. The number of aromatic hydroxyl groups is 1. The molecule has 2 heterocycles. The number of nitrogens with zero attached hydrogens (tertiary/aromatic N) is 5. The smallest absolute Gasteiger partial charge is 0.296 e. The minimum Gasteiger partial charge on any atom is -0.507 e. The molecule has 1 aliphatic heterocycles. The Labute approximate surface area is 176 Å². The summed E-state index contributed by atoms with van der Waals surface area (Å²) < 4.78 is 3.23. The highest BCUT2D eigenvalue weighted by Crippen LogP contribution is 2.28. The van der Waals surface area contributed by atoms with Crippen LogP contribution in [-0.4, -0.2) is 37.5 Å². The molecule has 1 amide bonds. The van der Waals surface area contributed by atoms with Crippen molar-refractivity contribution >= 4 is 34.7 Å². The molecule has 0 saturated carbocycles. The van der Waals surface area contributed by atoms with Gasteiger partial charge in [-0.15, -0.1) is 5.10 Å². The Morgan fingerprint density at radius 1 is 1.07 bits per heavy atom. The standard InChI is InChI=1S/C21H19N5O3S/c1-14-19(20(29)26(24(14)2)16-9-4-3-5-10-16)25-18(28)13-30-21(25)23-22-12-15-8-6-7-11-17(15)27/h3-12,27H,13H2,1-2H3/b22-12+,23-21-. The van der Waals surface area contributed by atoms with Crippen LogP contribution in [0.3, 0.4) is 0 Å². The maximum absolute atomic E-state index is 13.2. The first kappa shape index (κ1) is 19.7. The van der Waals surface area contributed by atoms with Gasteiger partial charge in [-0.1, -0.05) is 42.1 Å². The van der Waals surface area contributed by atoms with Crippen LogP contribution in [0, 0.1) is 6.92 Å². The quantitative estimate of drug-likeness (QED) is 0.518. The topological polar surface area (TPSA) is 92.2 Å². The fourth-order valence-electron chi connectivity index (χ4n) is 3.20. The number of carbonyl (C=O) groups excluding carboxylic acids is 1. The lowest BCUT2D eigenvalue weighted by molar-refractivity contribution is -0.115. The summed E-state index contributed by atoms with van der Waals surface area (Å²) >= 11 is 1.21. The Hall–Kier alpha value is -3.59. The molecule has 0 atom stereocenters. The van der Waals surface area contributed by atoms with E-state index in [1.807, 2.05) is 30.3 Å². The third kappa shape index (κ3) is 3.43. The number of hydrogen-bond donors (Lipinski definition) is 1. The number of benzene rings is 2. The summed E-state index contributed by atoms with van der Waals surface area (Å²) in [5, 5.41) is 18.3. The van der Waals surface area contributed by atoms with E-state index >= 15 is 0 Å². The number of anilines is 1. The van der Waals surface area contributed by atoms with Gasteiger partial charge in [-0.05, 0) is 31.2 Å². The van der Waals surface area contributed by atoms with Crippen molar-refractivity contribution < 1.29 is 9.90 Å². The van der Waals surface area contributed by atoms with Crippen molar-refractivity contribution in [2.75, 3.05) is 10.7 Å². The number of amidine groups is 1. The van der Waals surface area contributed by atoms with Gasteiger partial charge >= 0.3 is 0 Å². The first-order valence-electron chi connectivity index (χ1n) is 9.18. The second-order valence-electron chi connectivity index (χ2n) is 6.61. The van der Waals surface area contributed by atoms with Crippen LogP contribution in [0.25, 0.3) is 5.69 Å². The molecule has 1 N–H and O–H groups in total. The van der Waals surface area contributed by atoms with Crippen molar-refractivity contribution in [1.82, 2.24) is 9.36 Å². The molecular formula is C21H19N5O3S. The molecule has 9 heteroatoms. The average molecular weight is 421 g/mol. The maximum atomic E-state index is 13.2. The predicted octanol–water partition coefficient (Wildman–Crippen LogP) is 2.66. The summed E-state index contributed by atoms with van der Waals surface area (Å²) in [6, 6.07) is 16.0. The lowest BCUT2D eigenvalue weighted by Gasteiger charge is -2.13. The van der Waals surface area contributed by atoms with Gasteiger partial charge in [0.25, 0.3) is 5.56 Å². The van der Waals surface area contributed by atoms with Crippen LogP contribution in [0.2, 0.25) is 0 Å². The number of hydrogen-bond acceptors (Lipinski definition) is 6. The third-order valence-electron chi connectivity index (χ3n) is 4.79. The van der Waals surface area contributed by atoms with E-state index in [2.05, 4.69) is 10.2 Å². The van der Waals surface area contributed by atoms with Gasteiger partial charge in [0.1, 0.15) is 11.4 Å². The number of rotatable bonds is 4. The lowest BCUT2D eigenvalue weighted by atomic mass is 10.2. The van der Waals surface area contributed by atoms with E-state index in [0.29, 0.717) is 22.1 Å². The lowest BCUT2D eigenvalue weighted by Crippen LogP contribution is -2.34. The Morgan fingerprint density at radius 2 is 1.77 bits per heavy atom. The summed E-state index contributed by atoms with van der Waals surface area (Å²) in [5.41, 5.74) is 1.79. The van der Waals surface area contributed by atoms with Crippen LogP contribution in [-0.2, 0) is 11.8 Å². The summed E-state index contributed by atoms with van der Waals surface area (Å²) in [6.45, 7) is 1.79. The Bertz CT molecular complexity index is 1230. The molecule has 3 aromatic rings. The molecule has 2 aromatic carbocycles. The molecule has 1 fully saturated rings. The van der Waals surface area contributed by atoms with Gasteiger partial charge in [-0.2, -0.15) is 5.10 Å². The molecule has 1 aromatic heterocycles. The summed E-state index contributed by atoms with van der Waals surface area (Å²) in [5.74, 6) is 0.0185. The number of phenols is 1. The molecule has 152 valence electrons. The highest BCUT2D eigenvalue weighted by Gasteiger charge is 2.35. The summed E-state index contributed by atoms with van der Waals surface area (Å²) in [4.78, 5) is 27.2. The van der Waals surface area contributed by atoms with Crippen LogP contribution >= 0.6 is 11.8 Å². The molecule has 4 rings (SSSR count). The SMILES string of the molecule is Cc1c(N2C(=O)CS/C2=N\N=C\c2ccccc2O)c(=O)n(-c2ccccc2)n1C. The van der Waals surface area contributed by atoms with Crippen LogP contribution in [0.15, 0.2) is 69.6 Å². The van der Waals surface area contributed by atoms with Crippen LogP contribution < -0.4 is 10.5 Å². The predicted molar refractivity (Wildman–Crippen MR) is 119 cm³/mol. The van der Waals surface area contributed by atoms with Crippen molar-refractivity contribution in [2.45, 2.75) is 6.92 Å². The van der Waals surface area contributed by atoms with E-state index in [0.717, 1.165) is 0 Å². The summed E-state index contributed by atoms with van der Waals surface area (Å²) in [6.07, 6.45) is 1.41. The zero-order valence-electron chi connectivity index (χ0n) is 16.4. The molecule has 30 heavy (non-hydrogen) atoms. The second kappa shape index (κ2) is 8.03. The van der Waals surface area contributed by atoms with Gasteiger partial charge < -0.3 is 5.11 Å². The normalized spacial score (nSPS) is 15.6. The fourth-order valence-corrected chi connectivity index (χ4v) is 4.01. The zero-order chi connectivity index (χ0) is 21.3. The average Bonchev–Trinajstić information content (AvgIpc) is 3.20. The molecule has 0 spiro atoms. The molecule has 8 nitrogen and oxygen atoms in total. The summed E-state index contributed by atoms with van der Waals surface area (Å²) in [7, 11) is 1.77. The first-order chi connectivity index (χ1) is 14.5. The van der Waals surface area contributed by atoms with Gasteiger partial charge in [0, 0.05) is 12.6 Å². The molecular weight excluding hydrogens is 402 g/mol. The first-order valence-corrected chi connectivity index (χ1v) is 10.2. The molecule has 0 bridgehead atoms. The maximum Gasteiger partial charge on any atom is 0.296 e. The number of carbonyl (C=O) groups is 1. The van der Waals surface area contributed by atoms with E-state index in [9.17, 15) is 14.7 Å². The van der Waals surface area contributed by atoms with Crippen molar-refractivity contribution in [1.29, 1.82) is 0 Å². The molecule has 0 aliphatic carbocycles. The van der Waals surface area contributed by atoms with Gasteiger partial charge in [0.05, 0.1) is 23.3 Å². The van der Waals surface area contributed by atoms with Crippen LogP contribution in [0.5, 0.6) is 5.75 Å². The largest absolute Gasteiger partial charge is 0.507 e. The Morgan fingerprint density at radius 3 is 2.50 bits per heavy atom. The van der Waals surface area contributed by atoms with E-state index in [1.54, 1.807) is 42.9 Å². The Kier molecular flexibility index (Phi) is 5.28. The molecule has 1 saturated heterocycles. The second-order valence-corrected chi connectivity index (χ2v) is 7.56. The molecule has 1 aliphatic rings. The number of amides is 1. The highest BCUT2D eigenvalue weighted by atomic mass is 32.2. The van der Waals surface area contributed by atoms with Crippen molar-refractivity contribution in [2.24, 2.45) is 17.3 Å². The van der Waals surface area contributed by atoms with Gasteiger partial charge in [-0.25, -0.2) is 9.58 Å². The molecule has 0 unspecified atom stereocenters. The minimum atomic E-state index is -0.311. The minimum absolute atomic E-state index is 0.0816. The molecule has 0 radical (unpaired) electrons. The van der Waals surface area contributed by atoms with Gasteiger partial charge in [-0.3, -0.25) is 14.3 Å². The van der Waals surface area contributed by atoms with Crippen molar-refractivity contribution in [3.63, 3.8) is 0 Å². The van der Waals surface area contributed by atoms with E-state index in [1.165, 1.54) is 27.6 Å². The van der Waals surface area contributed by atoms with Crippen molar-refractivity contribution in [3.8, 4) is 11.4 Å². The van der Waals surface area contributed by atoms with Crippen LogP contribution in [0.4, 0.5) is 5.69 Å². The van der Waals surface area contributed by atoms with Crippen LogP contribution in [0.1, 0.15) is 11.3 Å². The van der Waals surface area contributed by atoms with Gasteiger partial charge in [0.15, 0.2) is 5.17 Å². The van der Waals surface area contributed by atoms with Crippen molar-refractivity contribution in [3.05, 3.63) is 76.2 Å². The van der Waals surface area contributed by atoms with E-state index in [4.69, 9.17) is 0 Å². The monoisotopic (exact) mass is 421 g/mol. The van der Waals surface area contributed by atoms with Gasteiger partial charge in [0.2, 0.25) is 5.91 Å². The van der Waals surface area contributed by atoms with E-state index < -0.39 is 0 Å². The Balaban J connectivity index is 1.75. The highest BCUT2D eigenvalue weighted by molar-refractivity contribution is 8.15. The number of phenolic OH excluding ortho intramolecular Hbond substituents is 1.